The summed E-state index contributed by atoms with van der Waals surface area (Å²) < 4.78 is 16.9. The molecule has 1 atom stereocenters. The molecule has 0 saturated carbocycles. The molecule has 0 bridgehead atoms. The van der Waals surface area contributed by atoms with Crippen LogP contribution in [-0.4, -0.2) is 31.4 Å². The van der Waals surface area contributed by atoms with Crippen molar-refractivity contribution in [2.24, 2.45) is 0 Å². The lowest BCUT2D eigenvalue weighted by atomic mass is 9.67. The molecule has 1 unspecified atom stereocenters. The maximum atomic E-state index is 11.6. The molecule has 1 fully saturated rings. The van der Waals surface area contributed by atoms with Crippen molar-refractivity contribution in [1.29, 1.82) is 0 Å². The topological polar surface area (TPSA) is 44.8 Å². The highest BCUT2D eigenvalue weighted by molar-refractivity contribution is 6.47. The first-order chi connectivity index (χ1) is 9.23. The van der Waals surface area contributed by atoms with Gasteiger partial charge in [0.2, 0.25) is 0 Å². The molecule has 0 aromatic rings. The Kier molecular flexibility index (Phi) is 6.08. The van der Waals surface area contributed by atoms with Crippen LogP contribution in [0.1, 0.15) is 66.7 Å². The summed E-state index contributed by atoms with van der Waals surface area (Å²) in [4.78, 5) is 11.6. The maximum Gasteiger partial charge on any atom is 0.461 e. The Balaban J connectivity index is 2.70. The Labute approximate surface area is 123 Å². The van der Waals surface area contributed by atoms with Gasteiger partial charge in [0.25, 0.3) is 0 Å². The number of hydrogen-bond acceptors (Lipinski definition) is 4. The van der Waals surface area contributed by atoms with E-state index in [1.807, 2.05) is 27.7 Å². The van der Waals surface area contributed by atoms with Gasteiger partial charge in [0.1, 0.15) is 0 Å². The molecule has 0 spiro atoms. The van der Waals surface area contributed by atoms with Crippen LogP contribution in [0.5, 0.6) is 0 Å². The fourth-order valence-electron chi connectivity index (χ4n) is 2.37. The van der Waals surface area contributed by atoms with Gasteiger partial charge in [-0.25, -0.2) is 0 Å². The summed E-state index contributed by atoms with van der Waals surface area (Å²) in [6.45, 7) is 10.3. The minimum Gasteiger partial charge on any atom is -0.469 e. The molecule has 1 aliphatic heterocycles. The number of carbonyl (C=O) groups is 1. The summed E-state index contributed by atoms with van der Waals surface area (Å²) in [6.07, 6.45) is 4.70. The first-order valence-corrected chi connectivity index (χ1v) is 7.66. The lowest BCUT2D eigenvalue weighted by molar-refractivity contribution is -0.140. The molecule has 0 amide bonds. The van der Waals surface area contributed by atoms with Gasteiger partial charge in [0.15, 0.2) is 0 Å². The number of rotatable bonds is 7. The average molecular weight is 284 g/mol. The normalized spacial score (nSPS) is 21.8. The lowest BCUT2D eigenvalue weighted by Gasteiger charge is -2.32. The van der Waals surface area contributed by atoms with Gasteiger partial charge in [-0.3, -0.25) is 4.79 Å². The zero-order valence-corrected chi connectivity index (χ0v) is 13.8. The fourth-order valence-corrected chi connectivity index (χ4v) is 2.37. The van der Waals surface area contributed by atoms with Crippen LogP contribution >= 0.6 is 0 Å². The highest BCUT2D eigenvalue weighted by atomic mass is 16.7. The van der Waals surface area contributed by atoms with Gasteiger partial charge in [0, 0.05) is 12.2 Å². The summed E-state index contributed by atoms with van der Waals surface area (Å²) in [6, 6.07) is 0. The fraction of sp³-hybridized carbons (Fsp3) is 0.933. The summed E-state index contributed by atoms with van der Waals surface area (Å²) in [5, 5.41) is 0. The number of esters is 1. The molecule has 1 rings (SSSR count). The highest BCUT2D eigenvalue weighted by Crippen LogP contribution is 2.42. The van der Waals surface area contributed by atoms with Crippen LogP contribution < -0.4 is 0 Å². The third kappa shape index (κ3) is 4.22. The maximum absolute atomic E-state index is 11.6. The van der Waals surface area contributed by atoms with Crippen LogP contribution in [0.4, 0.5) is 0 Å². The Hall–Kier alpha value is -0.545. The molecule has 20 heavy (non-hydrogen) atoms. The van der Waals surface area contributed by atoms with Crippen LogP contribution in [0, 0.1) is 0 Å². The van der Waals surface area contributed by atoms with E-state index in [0.29, 0.717) is 6.42 Å². The van der Waals surface area contributed by atoms with E-state index in [1.54, 1.807) is 0 Å². The van der Waals surface area contributed by atoms with Gasteiger partial charge in [-0.15, -0.1) is 0 Å². The molecule has 0 N–H and O–H groups in total. The van der Waals surface area contributed by atoms with Crippen molar-refractivity contribution in [3.8, 4) is 0 Å². The van der Waals surface area contributed by atoms with Gasteiger partial charge >= 0.3 is 13.1 Å². The van der Waals surface area contributed by atoms with E-state index in [4.69, 9.17) is 14.0 Å². The largest absolute Gasteiger partial charge is 0.469 e. The van der Waals surface area contributed by atoms with Crippen LogP contribution in [-0.2, 0) is 18.8 Å². The SMILES string of the molecule is CCCCCC(CC(=O)OC)B1OC(C)(C)C(C)(C)O1. The van der Waals surface area contributed by atoms with Crippen LogP contribution in [0.25, 0.3) is 0 Å². The van der Waals surface area contributed by atoms with Crippen molar-refractivity contribution in [2.45, 2.75) is 83.7 Å². The van der Waals surface area contributed by atoms with E-state index >= 15 is 0 Å². The average Bonchev–Trinajstić information content (AvgIpc) is 2.57. The quantitative estimate of drug-likeness (QED) is 0.407. The molecule has 116 valence electrons. The number of hydrogen-bond donors (Lipinski definition) is 0. The zero-order chi connectivity index (χ0) is 15.4. The Bertz CT molecular complexity index is 312. The summed E-state index contributed by atoms with van der Waals surface area (Å²) in [7, 11) is 1.10. The van der Waals surface area contributed by atoms with Gasteiger partial charge < -0.3 is 14.0 Å². The van der Waals surface area contributed by atoms with Gasteiger partial charge in [-0.2, -0.15) is 0 Å². The molecular formula is C15H29BO4. The monoisotopic (exact) mass is 284 g/mol. The number of unbranched alkanes of at least 4 members (excludes halogenated alkanes) is 2. The third-order valence-electron chi connectivity index (χ3n) is 4.49. The van der Waals surface area contributed by atoms with E-state index < -0.39 is 0 Å². The predicted octanol–water partition coefficient (Wildman–Crippen LogP) is 3.59. The van der Waals surface area contributed by atoms with E-state index in [-0.39, 0.29) is 30.1 Å². The first kappa shape index (κ1) is 17.5. The second-order valence-corrected chi connectivity index (χ2v) is 6.66. The standard InChI is InChI=1S/C15H29BO4/c1-7-8-9-10-12(11-13(17)18-6)16-19-14(2,3)15(4,5)20-16/h12H,7-11H2,1-6H3. The zero-order valence-electron chi connectivity index (χ0n) is 13.8. The first-order valence-electron chi connectivity index (χ1n) is 7.66. The number of methoxy groups -OCH3 is 1. The molecule has 0 aromatic heterocycles. The highest BCUT2D eigenvalue weighted by Gasteiger charge is 2.53. The second kappa shape index (κ2) is 6.94. The van der Waals surface area contributed by atoms with Crippen LogP contribution in [0.3, 0.4) is 0 Å². The number of carbonyl (C=O) groups excluding carboxylic acids is 1. The second-order valence-electron chi connectivity index (χ2n) is 6.66. The summed E-state index contributed by atoms with van der Waals surface area (Å²) in [5.41, 5.74) is -0.701. The summed E-state index contributed by atoms with van der Waals surface area (Å²) >= 11 is 0. The van der Waals surface area contributed by atoms with Crippen LogP contribution in [0.2, 0.25) is 5.82 Å². The molecule has 0 radical (unpaired) electrons. The van der Waals surface area contributed by atoms with Gasteiger partial charge in [0.05, 0.1) is 18.3 Å². The molecule has 0 aromatic carbocycles. The molecule has 4 nitrogen and oxygen atoms in total. The van der Waals surface area contributed by atoms with E-state index in [2.05, 4.69) is 6.92 Å². The van der Waals surface area contributed by atoms with Crippen molar-refractivity contribution in [1.82, 2.24) is 0 Å². The smallest absolute Gasteiger partial charge is 0.461 e. The van der Waals surface area contributed by atoms with Crippen molar-refractivity contribution in [3.63, 3.8) is 0 Å². The predicted molar refractivity (Wildman–Crippen MR) is 80.6 cm³/mol. The Morgan fingerprint density at radius 1 is 1.15 bits per heavy atom. The van der Waals surface area contributed by atoms with E-state index in [9.17, 15) is 4.79 Å². The van der Waals surface area contributed by atoms with Crippen molar-refractivity contribution >= 4 is 13.1 Å². The van der Waals surface area contributed by atoms with Gasteiger partial charge in [-0.1, -0.05) is 32.6 Å². The Morgan fingerprint density at radius 2 is 1.70 bits per heavy atom. The molecule has 1 saturated heterocycles. The minimum absolute atomic E-state index is 0.0649. The van der Waals surface area contributed by atoms with Crippen LogP contribution in [0.15, 0.2) is 0 Å². The van der Waals surface area contributed by atoms with Crippen molar-refractivity contribution in [2.75, 3.05) is 7.11 Å². The number of ether oxygens (including phenoxy) is 1. The van der Waals surface area contributed by atoms with Crippen molar-refractivity contribution < 1.29 is 18.8 Å². The lowest BCUT2D eigenvalue weighted by Crippen LogP contribution is -2.41. The third-order valence-corrected chi connectivity index (χ3v) is 4.49. The van der Waals surface area contributed by atoms with Crippen molar-refractivity contribution in [3.05, 3.63) is 0 Å². The minimum atomic E-state index is -0.350. The Morgan fingerprint density at radius 3 is 2.15 bits per heavy atom. The van der Waals surface area contributed by atoms with E-state index in [1.165, 1.54) is 7.11 Å². The molecular weight excluding hydrogens is 255 g/mol. The molecule has 0 aliphatic carbocycles. The van der Waals surface area contributed by atoms with E-state index in [0.717, 1.165) is 25.7 Å². The summed E-state index contributed by atoms with van der Waals surface area (Å²) in [5.74, 6) is -0.128. The molecule has 1 aliphatic rings. The van der Waals surface area contributed by atoms with Gasteiger partial charge in [-0.05, 0) is 27.7 Å². The molecule has 1 heterocycles. The molecule has 5 heteroatoms.